The van der Waals surface area contributed by atoms with E-state index in [1.807, 2.05) is 0 Å². The molecule has 1 aromatic rings. The number of nitrogens with zero attached hydrogens (tertiary/aromatic N) is 1. The summed E-state index contributed by atoms with van der Waals surface area (Å²) >= 11 is 0. The van der Waals surface area contributed by atoms with Crippen LogP contribution in [-0.2, 0) is 9.84 Å². The zero-order chi connectivity index (χ0) is 15.0. The van der Waals surface area contributed by atoms with Gasteiger partial charge in [0.25, 0.3) is 0 Å². The van der Waals surface area contributed by atoms with Crippen molar-refractivity contribution < 1.29 is 8.42 Å². The highest BCUT2D eigenvalue weighted by molar-refractivity contribution is 7.93. The van der Waals surface area contributed by atoms with Gasteiger partial charge in [-0.3, -0.25) is 0 Å². The Morgan fingerprint density at radius 2 is 1.52 bits per heavy atom. The molecule has 0 bridgehead atoms. The molecule has 0 atom stereocenters. The molecule has 3 nitrogen and oxygen atoms in total. The van der Waals surface area contributed by atoms with Gasteiger partial charge in [-0.2, -0.15) is 5.26 Å². The molecule has 0 radical (unpaired) electrons. The second kappa shape index (κ2) is 5.14. The summed E-state index contributed by atoms with van der Waals surface area (Å²) in [6.07, 6.45) is 8.04. The van der Waals surface area contributed by atoms with Crippen molar-refractivity contribution in [1.29, 1.82) is 5.26 Å². The van der Waals surface area contributed by atoms with Crippen molar-refractivity contribution in [3.8, 4) is 6.07 Å². The molecular formula is C17H21NO2S. The van der Waals surface area contributed by atoms with E-state index in [0.29, 0.717) is 12.8 Å². The highest BCUT2D eigenvalue weighted by atomic mass is 32.2. The van der Waals surface area contributed by atoms with Crippen LogP contribution in [0, 0.1) is 16.7 Å². The topological polar surface area (TPSA) is 57.9 Å². The normalized spacial score (nSPS) is 23.8. The van der Waals surface area contributed by atoms with Gasteiger partial charge in [0.15, 0.2) is 14.6 Å². The average molecular weight is 303 g/mol. The first-order valence-electron chi connectivity index (χ1n) is 7.75. The lowest BCUT2D eigenvalue weighted by atomic mass is 9.58. The Hall–Kier alpha value is -1.34. The molecule has 2 aliphatic carbocycles. The molecule has 2 fully saturated rings. The van der Waals surface area contributed by atoms with Crippen molar-refractivity contribution in [3.05, 3.63) is 30.3 Å². The number of nitriles is 1. The maximum absolute atomic E-state index is 12.9. The van der Waals surface area contributed by atoms with Crippen molar-refractivity contribution >= 4 is 9.84 Å². The molecule has 1 aromatic carbocycles. The van der Waals surface area contributed by atoms with Crippen LogP contribution in [0.3, 0.4) is 0 Å². The molecule has 112 valence electrons. The fourth-order valence-electron chi connectivity index (χ4n) is 4.15. The van der Waals surface area contributed by atoms with Crippen LogP contribution in [0.25, 0.3) is 0 Å². The Labute approximate surface area is 126 Å². The van der Waals surface area contributed by atoms with Crippen molar-refractivity contribution in [2.75, 3.05) is 0 Å². The molecule has 0 amide bonds. The molecule has 0 aromatic heterocycles. The molecule has 0 N–H and O–H groups in total. The van der Waals surface area contributed by atoms with Crippen LogP contribution >= 0.6 is 0 Å². The summed E-state index contributed by atoms with van der Waals surface area (Å²) in [7, 11) is -3.56. The summed E-state index contributed by atoms with van der Waals surface area (Å²) < 4.78 is 24.5. The minimum atomic E-state index is -3.56. The third-order valence-corrected chi connectivity index (χ3v) is 7.56. The van der Waals surface area contributed by atoms with Crippen LogP contribution < -0.4 is 0 Å². The van der Waals surface area contributed by atoms with E-state index in [1.54, 1.807) is 30.3 Å². The highest BCUT2D eigenvalue weighted by Crippen LogP contribution is 2.59. The molecule has 0 unspecified atom stereocenters. The second-order valence-corrected chi connectivity index (χ2v) is 8.95. The van der Waals surface area contributed by atoms with Crippen LogP contribution in [0.4, 0.5) is 0 Å². The summed E-state index contributed by atoms with van der Waals surface area (Å²) in [4.78, 5) is 0.287. The Morgan fingerprint density at radius 1 is 0.952 bits per heavy atom. The predicted molar refractivity (Wildman–Crippen MR) is 81.3 cm³/mol. The lowest BCUT2D eigenvalue weighted by Crippen LogP contribution is -2.55. The van der Waals surface area contributed by atoms with E-state index < -0.39 is 14.6 Å². The van der Waals surface area contributed by atoms with Crippen molar-refractivity contribution in [3.63, 3.8) is 0 Å². The number of hydrogen-bond acceptors (Lipinski definition) is 3. The van der Waals surface area contributed by atoms with Gasteiger partial charge in [-0.25, -0.2) is 8.42 Å². The zero-order valence-corrected chi connectivity index (χ0v) is 13.0. The van der Waals surface area contributed by atoms with Crippen LogP contribution in [0.1, 0.15) is 51.4 Å². The first kappa shape index (κ1) is 14.6. The van der Waals surface area contributed by atoms with E-state index in [0.717, 1.165) is 12.8 Å². The maximum atomic E-state index is 12.9. The number of benzene rings is 1. The van der Waals surface area contributed by atoms with Crippen LogP contribution in [0.2, 0.25) is 0 Å². The first-order valence-corrected chi connectivity index (χ1v) is 9.23. The van der Waals surface area contributed by atoms with Gasteiger partial charge in [0.2, 0.25) is 0 Å². The molecule has 1 spiro atoms. The molecule has 3 rings (SSSR count). The molecular weight excluding hydrogens is 282 g/mol. The zero-order valence-electron chi connectivity index (χ0n) is 12.2. The molecule has 2 saturated carbocycles. The van der Waals surface area contributed by atoms with Crippen LogP contribution in [0.15, 0.2) is 35.2 Å². The van der Waals surface area contributed by atoms with E-state index >= 15 is 0 Å². The van der Waals surface area contributed by atoms with E-state index in [-0.39, 0.29) is 10.3 Å². The summed E-state index contributed by atoms with van der Waals surface area (Å²) in [6.45, 7) is 0. The lowest BCUT2D eigenvalue weighted by molar-refractivity contribution is 0.0828. The highest BCUT2D eigenvalue weighted by Gasteiger charge is 2.61. The molecule has 0 saturated heterocycles. The van der Waals surface area contributed by atoms with E-state index in [4.69, 9.17) is 0 Å². The largest absolute Gasteiger partial charge is 0.222 e. The van der Waals surface area contributed by atoms with Gasteiger partial charge in [0.1, 0.15) is 0 Å². The maximum Gasteiger partial charge on any atom is 0.197 e. The smallest absolute Gasteiger partial charge is 0.197 e. The van der Waals surface area contributed by atoms with E-state index in [9.17, 15) is 13.7 Å². The van der Waals surface area contributed by atoms with Crippen molar-refractivity contribution in [2.24, 2.45) is 5.41 Å². The summed E-state index contributed by atoms with van der Waals surface area (Å²) in [5, 5.41) is 9.59. The Kier molecular flexibility index (Phi) is 3.57. The number of rotatable bonds is 2. The Bertz CT molecular complexity index is 642. The van der Waals surface area contributed by atoms with Gasteiger partial charge in [-0.1, -0.05) is 43.9 Å². The molecule has 4 heteroatoms. The molecule has 21 heavy (non-hydrogen) atoms. The van der Waals surface area contributed by atoms with E-state index in [2.05, 4.69) is 6.07 Å². The standard InChI is InChI=1S/C17H21NO2S/c18-14-17(21(19,20)15-8-4-3-5-9-15)12-16(13-17)10-6-1-2-7-11-16/h3-5,8-9H,1-2,6-7,10-13H2. The monoisotopic (exact) mass is 303 g/mol. The summed E-state index contributed by atoms with van der Waals surface area (Å²) in [6, 6.07) is 10.6. The Balaban J connectivity index is 1.89. The van der Waals surface area contributed by atoms with Gasteiger partial charge in [0, 0.05) is 0 Å². The predicted octanol–water partition coefficient (Wildman–Crippen LogP) is 3.86. The van der Waals surface area contributed by atoms with Crippen molar-refractivity contribution in [2.45, 2.75) is 61.0 Å². The second-order valence-electron chi connectivity index (χ2n) is 6.69. The van der Waals surface area contributed by atoms with Crippen LogP contribution in [-0.4, -0.2) is 13.2 Å². The lowest BCUT2D eigenvalue weighted by Gasteiger charge is -2.52. The van der Waals surface area contributed by atoms with Gasteiger partial charge in [0.05, 0.1) is 11.0 Å². The third kappa shape index (κ3) is 2.28. The SMILES string of the molecule is N#CC1(S(=O)(=O)c2ccccc2)CC2(CCCCCC2)C1. The molecule has 0 aliphatic heterocycles. The van der Waals surface area contributed by atoms with Gasteiger partial charge in [-0.05, 0) is 43.2 Å². The quantitative estimate of drug-likeness (QED) is 0.833. The van der Waals surface area contributed by atoms with Crippen LogP contribution in [0.5, 0.6) is 0 Å². The molecule has 0 heterocycles. The fraction of sp³-hybridized carbons (Fsp3) is 0.588. The van der Waals surface area contributed by atoms with Gasteiger partial charge < -0.3 is 0 Å². The summed E-state index contributed by atoms with van der Waals surface area (Å²) in [5.41, 5.74) is 0.105. The fourth-order valence-corrected chi connectivity index (χ4v) is 6.23. The number of hydrogen-bond donors (Lipinski definition) is 0. The van der Waals surface area contributed by atoms with Crippen molar-refractivity contribution in [1.82, 2.24) is 0 Å². The first-order chi connectivity index (χ1) is 10.0. The summed E-state index contributed by atoms with van der Waals surface area (Å²) in [5.74, 6) is 0. The number of sulfone groups is 1. The van der Waals surface area contributed by atoms with E-state index in [1.165, 1.54) is 25.7 Å². The average Bonchev–Trinajstić information content (AvgIpc) is 2.71. The molecule has 2 aliphatic rings. The van der Waals surface area contributed by atoms with Gasteiger partial charge >= 0.3 is 0 Å². The van der Waals surface area contributed by atoms with Gasteiger partial charge in [-0.15, -0.1) is 0 Å². The Morgan fingerprint density at radius 3 is 2.05 bits per heavy atom. The third-order valence-electron chi connectivity index (χ3n) is 5.26. The minimum absolute atomic E-state index is 0.105. The minimum Gasteiger partial charge on any atom is -0.222 e.